The maximum absolute atomic E-state index is 14.7. The summed E-state index contributed by atoms with van der Waals surface area (Å²) < 4.78 is 20.1. The zero-order valence-corrected chi connectivity index (χ0v) is 19.1. The SMILES string of the molecule is C=CC(=O)Nc1ccc(CNc2nc(Nc3ccc(N4CCOCC4)cc3F)ncc2Cl)cc1. The highest BCUT2D eigenvalue weighted by atomic mass is 35.5. The first-order chi connectivity index (χ1) is 16.5. The van der Waals surface area contributed by atoms with Crippen LogP contribution in [-0.2, 0) is 16.1 Å². The molecule has 1 saturated heterocycles. The monoisotopic (exact) mass is 482 g/mol. The molecule has 1 fully saturated rings. The minimum absolute atomic E-state index is 0.215. The van der Waals surface area contributed by atoms with Gasteiger partial charge in [0.25, 0.3) is 0 Å². The van der Waals surface area contributed by atoms with Crippen LogP contribution in [0.15, 0.2) is 61.3 Å². The summed E-state index contributed by atoms with van der Waals surface area (Å²) in [5.41, 5.74) is 2.69. The fraction of sp³-hybridized carbons (Fsp3) is 0.208. The van der Waals surface area contributed by atoms with Crippen LogP contribution in [0.3, 0.4) is 0 Å². The molecule has 8 nitrogen and oxygen atoms in total. The highest BCUT2D eigenvalue weighted by Crippen LogP contribution is 2.26. The van der Waals surface area contributed by atoms with Crippen LogP contribution in [0.5, 0.6) is 0 Å². The van der Waals surface area contributed by atoms with E-state index < -0.39 is 5.82 Å². The maximum atomic E-state index is 14.7. The van der Waals surface area contributed by atoms with Crippen molar-refractivity contribution in [2.24, 2.45) is 0 Å². The van der Waals surface area contributed by atoms with Crippen molar-refractivity contribution in [2.75, 3.05) is 47.2 Å². The molecule has 176 valence electrons. The molecular formula is C24H24ClFN6O2. The molecule has 0 atom stereocenters. The number of nitrogens with zero attached hydrogens (tertiary/aromatic N) is 3. The number of morpholine rings is 1. The van der Waals surface area contributed by atoms with E-state index in [9.17, 15) is 9.18 Å². The van der Waals surface area contributed by atoms with Gasteiger partial charge in [0.1, 0.15) is 10.8 Å². The first-order valence-electron chi connectivity index (χ1n) is 10.7. The van der Waals surface area contributed by atoms with Gasteiger partial charge in [-0.2, -0.15) is 4.98 Å². The number of nitrogens with one attached hydrogen (secondary N) is 3. The molecule has 3 aromatic rings. The lowest BCUT2D eigenvalue weighted by molar-refractivity contribution is -0.111. The van der Waals surface area contributed by atoms with Crippen molar-refractivity contribution in [3.63, 3.8) is 0 Å². The Hall–Kier alpha value is -3.69. The predicted molar refractivity (Wildman–Crippen MR) is 132 cm³/mol. The van der Waals surface area contributed by atoms with Gasteiger partial charge in [-0.3, -0.25) is 4.79 Å². The zero-order chi connectivity index (χ0) is 23.9. The Labute approximate surface area is 201 Å². The second kappa shape index (κ2) is 11.0. The second-order valence-corrected chi connectivity index (χ2v) is 7.93. The molecule has 3 N–H and O–H groups in total. The summed E-state index contributed by atoms with van der Waals surface area (Å²) in [6, 6.07) is 12.3. The first kappa shape index (κ1) is 23.5. The van der Waals surface area contributed by atoms with Gasteiger partial charge in [0.05, 0.1) is 25.1 Å². The van der Waals surface area contributed by atoms with Crippen LogP contribution < -0.4 is 20.9 Å². The number of aromatic nitrogens is 2. The van der Waals surface area contributed by atoms with Crippen LogP contribution >= 0.6 is 11.6 Å². The van der Waals surface area contributed by atoms with Gasteiger partial charge in [0.2, 0.25) is 11.9 Å². The van der Waals surface area contributed by atoms with Gasteiger partial charge in [0, 0.05) is 31.0 Å². The van der Waals surface area contributed by atoms with E-state index >= 15 is 0 Å². The third-order valence-electron chi connectivity index (χ3n) is 5.19. The Morgan fingerprint density at radius 2 is 1.97 bits per heavy atom. The van der Waals surface area contributed by atoms with Crippen molar-refractivity contribution >= 4 is 46.3 Å². The van der Waals surface area contributed by atoms with Gasteiger partial charge in [-0.25, -0.2) is 9.37 Å². The van der Waals surface area contributed by atoms with E-state index in [1.807, 2.05) is 18.2 Å². The average molecular weight is 483 g/mol. The summed E-state index contributed by atoms with van der Waals surface area (Å²) in [5.74, 6) is -0.0486. The number of benzene rings is 2. The lowest BCUT2D eigenvalue weighted by Gasteiger charge is -2.29. The average Bonchev–Trinajstić information content (AvgIpc) is 2.86. The Balaban J connectivity index is 1.40. The standard InChI is InChI=1S/C24H24ClFN6O2/c1-2-22(33)29-17-5-3-16(4-6-17)14-27-23-19(25)15-28-24(31-23)30-21-8-7-18(13-20(21)26)32-9-11-34-12-10-32/h2-8,13,15H,1,9-12,14H2,(H,29,33)(H2,27,28,30,31). The van der Waals surface area contributed by atoms with Gasteiger partial charge in [0.15, 0.2) is 5.82 Å². The Morgan fingerprint density at radius 1 is 1.21 bits per heavy atom. The largest absolute Gasteiger partial charge is 0.378 e. The van der Waals surface area contributed by atoms with E-state index in [1.165, 1.54) is 18.3 Å². The van der Waals surface area contributed by atoms with E-state index in [0.29, 0.717) is 36.3 Å². The molecule has 0 bridgehead atoms. The number of anilines is 5. The number of halogens is 2. The molecule has 34 heavy (non-hydrogen) atoms. The number of hydrogen-bond donors (Lipinski definition) is 3. The third-order valence-corrected chi connectivity index (χ3v) is 5.46. The molecule has 1 aliphatic rings. The normalized spacial score (nSPS) is 13.3. The van der Waals surface area contributed by atoms with E-state index in [1.54, 1.807) is 18.2 Å². The van der Waals surface area contributed by atoms with Crippen molar-refractivity contribution in [2.45, 2.75) is 6.54 Å². The summed E-state index contributed by atoms with van der Waals surface area (Å²) in [4.78, 5) is 22.0. The second-order valence-electron chi connectivity index (χ2n) is 7.52. The lowest BCUT2D eigenvalue weighted by atomic mass is 10.2. The molecule has 1 aliphatic heterocycles. The summed E-state index contributed by atoms with van der Waals surface area (Å²) >= 11 is 6.24. The van der Waals surface area contributed by atoms with E-state index in [4.69, 9.17) is 16.3 Å². The number of rotatable bonds is 8. The number of carbonyl (C=O) groups is 1. The Kier molecular flexibility index (Phi) is 7.56. The molecule has 0 saturated carbocycles. The first-order valence-corrected chi connectivity index (χ1v) is 11.1. The van der Waals surface area contributed by atoms with E-state index in [0.717, 1.165) is 24.3 Å². The maximum Gasteiger partial charge on any atom is 0.247 e. The predicted octanol–water partition coefficient (Wildman–Crippen LogP) is 4.59. The molecule has 1 aromatic heterocycles. The minimum Gasteiger partial charge on any atom is -0.378 e. The molecular weight excluding hydrogens is 459 g/mol. The van der Waals surface area contributed by atoms with Crippen LogP contribution in [0, 0.1) is 5.82 Å². The van der Waals surface area contributed by atoms with Gasteiger partial charge >= 0.3 is 0 Å². The highest BCUT2D eigenvalue weighted by molar-refractivity contribution is 6.32. The molecule has 2 heterocycles. The van der Waals surface area contributed by atoms with Crippen LogP contribution in [0.4, 0.5) is 33.2 Å². The van der Waals surface area contributed by atoms with Crippen molar-refractivity contribution in [1.29, 1.82) is 0 Å². The molecule has 0 aliphatic carbocycles. The number of ether oxygens (including phenoxy) is 1. The molecule has 4 rings (SSSR count). The number of hydrogen-bond acceptors (Lipinski definition) is 7. The smallest absolute Gasteiger partial charge is 0.247 e. The van der Waals surface area contributed by atoms with Crippen LogP contribution in [0.25, 0.3) is 0 Å². The molecule has 0 unspecified atom stereocenters. The summed E-state index contributed by atoms with van der Waals surface area (Å²) in [6.07, 6.45) is 2.66. The van der Waals surface area contributed by atoms with Crippen LogP contribution in [0.2, 0.25) is 5.02 Å². The fourth-order valence-corrected chi connectivity index (χ4v) is 3.54. The number of carbonyl (C=O) groups excluding carboxylic acids is 1. The Morgan fingerprint density at radius 3 is 2.68 bits per heavy atom. The molecule has 1 amide bonds. The van der Waals surface area contributed by atoms with Gasteiger partial charge in [-0.15, -0.1) is 0 Å². The molecule has 2 aromatic carbocycles. The van der Waals surface area contributed by atoms with Gasteiger partial charge < -0.3 is 25.6 Å². The van der Waals surface area contributed by atoms with Crippen LogP contribution in [0.1, 0.15) is 5.56 Å². The quantitative estimate of drug-likeness (QED) is 0.404. The highest BCUT2D eigenvalue weighted by Gasteiger charge is 2.14. The van der Waals surface area contributed by atoms with Gasteiger partial charge in [-0.1, -0.05) is 30.3 Å². The molecule has 10 heteroatoms. The van der Waals surface area contributed by atoms with Crippen molar-refractivity contribution in [3.8, 4) is 0 Å². The lowest BCUT2D eigenvalue weighted by Crippen LogP contribution is -2.36. The number of amides is 1. The summed E-state index contributed by atoms with van der Waals surface area (Å²) in [5, 5.41) is 9.10. The van der Waals surface area contributed by atoms with Crippen LogP contribution in [-0.4, -0.2) is 42.2 Å². The zero-order valence-electron chi connectivity index (χ0n) is 18.4. The third kappa shape index (κ3) is 6.00. The molecule has 0 radical (unpaired) electrons. The summed E-state index contributed by atoms with van der Waals surface area (Å²) in [7, 11) is 0. The summed E-state index contributed by atoms with van der Waals surface area (Å²) in [6.45, 7) is 6.59. The fourth-order valence-electron chi connectivity index (χ4n) is 3.38. The Bertz CT molecular complexity index is 1170. The molecule has 0 spiro atoms. The van der Waals surface area contributed by atoms with E-state index in [-0.39, 0.29) is 17.5 Å². The van der Waals surface area contributed by atoms with E-state index in [2.05, 4.69) is 37.4 Å². The topological polar surface area (TPSA) is 91.4 Å². The van der Waals surface area contributed by atoms with Crippen molar-refractivity contribution in [3.05, 3.63) is 77.7 Å². The van der Waals surface area contributed by atoms with Crippen molar-refractivity contribution in [1.82, 2.24) is 9.97 Å². The van der Waals surface area contributed by atoms with Crippen molar-refractivity contribution < 1.29 is 13.9 Å². The minimum atomic E-state index is -0.402. The van der Waals surface area contributed by atoms with Gasteiger partial charge in [-0.05, 0) is 42.0 Å².